The number of rotatable bonds is 10. The summed E-state index contributed by atoms with van der Waals surface area (Å²) in [7, 11) is 0. The number of hydroxylamine groups is 2. The van der Waals surface area contributed by atoms with E-state index in [1.165, 1.54) is 20.8 Å². The van der Waals surface area contributed by atoms with Crippen LogP contribution in [0.3, 0.4) is 0 Å². The summed E-state index contributed by atoms with van der Waals surface area (Å²) in [6, 6.07) is 16.4. The number of allylic oxidation sites excluding steroid dienone is 1. The van der Waals surface area contributed by atoms with E-state index in [4.69, 9.17) is 9.68 Å². The van der Waals surface area contributed by atoms with Gasteiger partial charge >= 0.3 is 11.9 Å². The van der Waals surface area contributed by atoms with Crippen molar-refractivity contribution in [2.75, 3.05) is 0 Å². The molecule has 0 spiro atoms. The van der Waals surface area contributed by atoms with Crippen molar-refractivity contribution in [3.05, 3.63) is 95.1 Å². The van der Waals surface area contributed by atoms with Crippen molar-refractivity contribution < 1.29 is 28.9 Å². The Morgan fingerprint density at radius 3 is 2.16 bits per heavy atom. The van der Waals surface area contributed by atoms with Crippen LogP contribution in [0.5, 0.6) is 0 Å². The molecule has 232 valence electrons. The molecule has 0 saturated heterocycles. The van der Waals surface area contributed by atoms with E-state index in [0.717, 1.165) is 38.0 Å². The van der Waals surface area contributed by atoms with Crippen LogP contribution in [0.2, 0.25) is 0 Å². The number of nitrogens with zero attached hydrogens (tertiary/aromatic N) is 3. The van der Waals surface area contributed by atoms with Gasteiger partial charge in [0.15, 0.2) is 5.78 Å². The van der Waals surface area contributed by atoms with Gasteiger partial charge in [-0.3, -0.25) is 14.4 Å². The molecule has 1 amide bonds. The first-order valence-electron chi connectivity index (χ1n) is 14.7. The second-order valence-corrected chi connectivity index (χ2v) is 10.7. The summed E-state index contributed by atoms with van der Waals surface area (Å²) in [6.07, 6.45) is 5.67. The van der Waals surface area contributed by atoms with Crippen molar-refractivity contribution in [1.29, 1.82) is 0 Å². The molecule has 0 aliphatic carbocycles. The lowest BCUT2D eigenvalue weighted by molar-refractivity contribution is -0.202. The van der Waals surface area contributed by atoms with Crippen LogP contribution in [0.4, 0.5) is 0 Å². The number of benzene rings is 3. The first-order chi connectivity index (χ1) is 21.5. The van der Waals surface area contributed by atoms with Crippen molar-refractivity contribution in [2.45, 2.75) is 60.5 Å². The lowest BCUT2D eigenvalue weighted by Gasteiger charge is -2.26. The monoisotopic (exact) mass is 607 g/mol. The van der Waals surface area contributed by atoms with Gasteiger partial charge in [-0.15, -0.1) is 0 Å². The Labute approximate surface area is 262 Å². The topological polar surface area (TPSA) is 107 Å². The van der Waals surface area contributed by atoms with Crippen LogP contribution >= 0.6 is 0 Å². The van der Waals surface area contributed by atoms with Crippen molar-refractivity contribution in [2.24, 2.45) is 5.16 Å². The molecule has 0 saturated carbocycles. The zero-order valence-corrected chi connectivity index (χ0v) is 26.4. The maximum absolute atomic E-state index is 13.9. The number of aryl methyl sites for hydroxylation is 1. The summed E-state index contributed by atoms with van der Waals surface area (Å²) in [5.41, 5.74) is 5.73. The molecule has 0 aliphatic rings. The first kappa shape index (κ1) is 32.6. The van der Waals surface area contributed by atoms with E-state index in [1.807, 2.05) is 73.7 Å². The highest BCUT2D eigenvalue weighted by molar-refractivity contribution is 6.17. The lowest BCUT2D eigenvalue weighted by atomic mass is 9.93. The van der Waals surface area contributed by atoms with E-state index < -0.39 is 23.9 Å². The number of amides is 1. The molecule has 0 fully saturated rings. The third kappa shape index (κ3) is 6.93. The lowest BCUT2D eigenvalue weighted by Crippen LogP contribution is -2.39. The van der Waals surface area contributed by atoms with Crippen molar-refractivity contribution in [3.63, 3.8) is 0 Å². The summed E-state index contributed by atoms with van der Waals surface area (Å²) in [5.74, 6) is -1.81. The van der Waals surface area contributed by atoms with Crippen LogP contribution in [0.25, 0.3) is 34.0 Å². The predicted molar refractivity (Wildman–Crippen MR) is 176 cm³/mol. The SMILES string of the molecule is C=Cc1cccc(C(=O)c2ccc3c(c2)c2cc(/C(CC(C)N(OC(C)=O)C(C)=O)=N/OC(C)=O)ccc2n3CC)c1/C=C\C. The van der Waals surface area contributed by atoms with Crippen LogP contribution in [0.1, 0.15) is 80.6 Å². The fraction of sp³-hybridized carbons (Fsp3) is 0.250. The van der Waals surface area contributed by atoms with Gasteiger partial charge in [-0.2, -0.15) is 5.06 Å². The molecule has 1 aromatic heterocycles. The van der Waals surface area contributed by atoms with Gasteiger partial charge in [0.1, 0.15) is 0 Å². The molecule has 1 unspecified atom stereocenters. The smallest absolute Gasteiger partial charge is 0.331 e. The highest BCUT2D eigenvalue weighted by atomic mass is 16.7. The Morgan fingerprint density at radius 1 is 0.956 bits per heavy atom. The number of ketones is 1. The fourth-order valence-electron chi connectivity index (χ4n) is 5.53. The molecule has 0 bridgehead atoms. The number of hydrogen-bond donors (Lipinski definition) is 0. The normalized spacial score (nSPS) is 12.4. The average molecular weight is 608 g/mol. The van der Waals surface area contributed by atoms with E-state index in [0.29, 0.717) is 28.9 Å². The van der Waals surface area contributed by atoms with Crippen LogP contribution in [-0.4, -0.2) is 45.0 Å². The molecule has 1 atom stereocenters. The number of fused-ring (bicyclic) bond motifs is 3. The molecule has 0 aliphatic heterocycles. The van der Waals surface area contributed by atoms with Crippen molar-refractivity contribution in [3.8, 4) is 0 Å². The predicted octanol–water partition coefficient (Wildman–Crippen LogP) is 7.09. The minimum atomic E-state index is -0.635. The van der Waals surface area contributed by atoms with Gasteiger partial charge in [-0.25, -0.2) is 4.79 Å². The molecular formula is C36H37N3O6. The van der Waals surface area contributed by atoms with Crippen LogP contribution < -0.4 is 0 Å². The second kappa shape index (κ2) is 14.0. The molecule has 45 heavy (non-hydrogen) atoms. The first-order valence-corrected chi connectivity index (χ1v) is 14.7. The molecular weight excluding hydrogens is 570 g/mol. The van der Waals surface area contributed by atoms with E-state index in [9.17, 15) is 19.2 Å². The number of oxime groups is 1. The highest BCUT2D eigenvalue weighted by Gasteiger charge is 2.24. The standard InChI is InChI=1S/C36H37N3O6/c1-8-12-29-26(9-2)13-11-14-30(29)36(43)28-16-18-35-32(21-28)31-20-27(15-17-34(31)38(35)10-3)33(37-44-24(6)41)19-22(4)39(23(5)40)45-25(7)42/h8-9,11-18,20-22H,2,10,19H2,1,3-7H3/b12-8-,37-33+. The van der Waals surface area contributed by atoms with Gasteiger partial charge < -0.3 is 14.2 Å². The van der Waals surface area contributed by atoms with Gasteiger partial charge in [-0.05, 0) is 62.2 Å². The number of aromatic nitrogens is 1. The summed E-state index contributed by atoms with van der Waals surface area (Å²) < 4.78 is 2.16. The summed E-state index contributed by atoms with van der Waals surface area (Å²) >= 11 is 0. The maximum Gasteiger partial charge on any atom is 0.331 e. The maximum atomic E-state index is 13.9. The van der Waals surface area contributed by atoms with Gasteiger partial charge in [0.2, 0.25) is 0 Å². The molecule has 9 heteroatoms. The van der Waals surface area contributed by atoms with Gasteiger partial charge in [0.25, 0.3) is 5.91 Å². The van der Waals surface area contributed by atoms with E-state index >= 15 is 0 Å². The molecule has 4 rings (SSSR count). The Hall–Kier alpha value is -5.31. The Kier molecular flexibility index (Phi) is 10.1. The summed E-state index contributed by atoms with van der Waals surface area (Å²) in [5, 5.41) is 6.84. The van der Waals surface area contributed by atoms with Crippen molar-refractivity contribution in [1.82, 2.24) is 9.63 Å². The molecule has 9 nitrogen and oxygen atoms in total. The van der Waals surface area contributed by atoms with Gasteiger partial charge in [0, 0.05) is 72.2 Å². The van der Waals surface area contributed by atoms with Crippen LogP contribution in [0.15, 0.2) is 72.4 Å². The minimum absolute atomic E-state index is 0.108. The molecule has 1 heterocycles. The zero-order chi connectivity index (χ0) is 32.8. The minimum Gasteiger partial charge on any atom is -0.341 e. The van der Waals surface area contributed by atoms with Crippen molar-refractivity contribution >= 4 is 63.3 Å². The zero-order valence-electron chi connectivity index (χ0n) is 26.4. The van der Waals surface area contributed by atoms with Gasteiger partial charge in [-0.1, -0.05) is 54.2 Å². The third-order valence-corrected chi connectivity index (χ3v) is 7.42. The Morgan fingerprint density at radius 2 is 1.60 bits per heavy atom. The quantitative estimate of drug-likeness (QED) is 0.0824. The highest BCUT2D eigenvalue weighted by Crippen LogP contribution is 2.32. The van der Waals surface area contributed by atoms with E-state index in [1.54, 1.807) is 13.0 Å². The fourth-order valence-corrected chi connectivity index (χ4v) is 5.53. The average Bonchev–Trinajstić information content (AvgIpc) is 3.33. The van der Waals surface area contributed by atoms with E-state index in [2.05, 4.69) is 23.2 Å². The number of carbonyl (C=O) groups is 4. The Bertz CT molecular complexity index is 1880. The second-order valence-electron chi connectivity index (χ2n) is 10.7. The van der Waals surface area contributed by atoms with E-state index in [-0.39, 0.29) is 12.2 Å². The van der Waals surface area contributed by atoms with Crippen LogP contribution in [-0.2, 0) is 30.6 Å². The molecule has 4 aromatic rings. The summed E-state index contributed by atoms with van der Waals surface area (Å²) in [4.78, 5) is 59.6. The van der Waals surface area contributed by atoms with Gasteiger partial charge in [0.05, 0.1) is 11.8 Å². The molecule has 0 N–H and O–H groups in total. The molecule has 3 aromatic carbocycles. The molecule has 0 radical (unpaired) electrons. The third-order valence-electron chi connectivity index (χ3n) is 7.42. The number of hydrogen-bond acceptors (Lipinski definition) is 7. The summed E-state index contributed by atoms with van der Waals surface area (Å²) in [6.45, 7) is 14.0. The van der Waals surface area contributed by atoms with Crippen LogP contribution in [0, 0.1) is 0 Å². The Balaban J connectivity index is 1.86. The number of carbonyl (C=O) groups excluding carboxylic acids is 4. The largest absolute Gasteiger partial charge is 0.341 e.